The number of alkyl halides is 2. The van der Waals surface area contributed by atoms with Crippen LogP contribution < -0.4 is 5.56 Å². The minimum Gasteiger partial charge on any atom is -0.464 e. The molecule has 0 amide bonds. The molecule has 1 heterocycles. The molecule has 0 radical (unpaired) electrons. The van der Waals surface area contributed by atoms with Gasteiger partial charge in [-0.2, -0.15) is 0 Å². The molecule has 1 N–H and O–H groups in total. The van der Waals surface area contributed by atoms with Crippen LogP contribution in [0.3, 0.4) is 0 Å². The number of nitrogens with one attached hydrogen (secondary N) is 1. The number of methoxy groups -OCH3 is 1. The van der Waals surface area contributed by atoms with Crippen LogP contribution in [0.2, 0.25) is 0 Å². The highest BCUT2D eigenvalue weighted by atomic mass is 19.3. The molecule has 1 aromatic rings. The SMILES string of the molecule is COC(=O)c1[nH]c(=O)cc(C(F)F)c1F. The number of H-pyrrole nitrogens is 1. The number of pyridine rings is 1. The van der Waals surface area contributed by atoms with Crippen LogP contribution in [-0.2, 0) is 4.74 Å². The Bertz CT molecular complexity index is 441. The molecule has 0 aliphatic rings. The van der Waals surface area contributed by atoms with Gasteiger partial charge in [0.15, 0.2) is 11.5 Å². The number of hydrogen-bond acceptors (Lipinski definition) is 3. The van der Waals surface area contributed by atoms with Gasteiger partial charge in [-0.15, -0.1) is 0 Å². The van der Waals surface area contributed by atoms with E-state index < -0.39 is 35.0 Å². The molecule has 0 aliphatic carbocycles. The first-order valence-corrected chi connectivity index (χ1v) is 3.76. The van der Waals surface area contributed by atoms with Crippen LogP contribution in [0.5, 0.6) is 0 Å². The Hall–Kier alpha value is -1.79. The van der Waals surface area contributed by atoms with Crippen LogP contribution in [0, 0.1) is 5.82 Å². The molecule has 0 aliphatic heterocycles. The average Bonchev–Trinajstić information content (AvgIpc) is 2.19. The van der Waals surface area contributed by atoms with E-state index in [1.807, 2.05) is 0 Å². The van der Waals surface area contributed by atoms with E-state index in [-0.39, 0.29) is 0 Å². The quantitative estimate of drug-likeness (QED) is 0.764. The lowest BCUT2D eigenvalue weighted by atomic mass is 10.2. The fourth-order valence-corrected chi connectivity index (χ4v) is 0.965. The highest BCUT2D eigenvalue weighted by molar-refractivity contribution is 5.87. The molecule has 0 saturated heterocycles. The summed E-state index contributed by atoms with van der Waals surface area (Å²) in [6.45, 7) is 0. The number of ether oxygens (including phenoxy) is 1. The van der Waals surface area contributed by atoms with Crippen LogP contribution in [0.15, 0.2) is 10.9 Å². The maximum Gasteiger partial charge on any atom is 0.357 e. The van der Waals surface area contributed by atoms with E-state index >= 15 is 0 Å². The van der Waals surface area contributed by atoms with Gasteiger partial charge in [0.2, 0.25) is 5.56 Å². The second kappa shape index (κ2) is 4.16. The second-order valence-electron chi connectivity index (χ2n) is 2.57. The Morgan fingerprint density at radius 2 is 2.13 bits per heavy atom. The van der Waals surface area contributed by atoms with Crippen LogP contribution >= 0.6 is 0 Å². The summed E-state index contributed by atoms with van der Waals surface area (Å²) in [6.07, 6.45) is -3.17. The summed E-state index contributed by atoms with van der Waals surface area (Å²) in [5, 5.41) is 0. The van der Waals surface area contributed by atoms with Crippen molar-refractivity contribution in [3.8, 4) is 0 Å². The molecule has 1 rings (SSSR count). The van der Waals surface area contributed by atoms with Gasteiger partial charge < -0.3 is 9.72 Å². The zero-order valence-electron chi connectivity index (χ0n) is 7.51. The Morgan fingerprint density at radius 1 is 1.53 bits per heavy atom. The molecule has 7 heteroatoms. The summed E-state index contributed by atoms with van der Waals surface area (Å²) in [5.74, 6) is -2.69. The van der Waals surface area contributed by atoms with Gasteiger partial charge in [0, 0.05) is 6.07 Å². The third kappa shape index (κ3) is 2.17. The molecular formula is C8H6F3NO3. The van der Waals surface area contributed by atoms with Gasteiger partial charge in [-0.25, -0.2) is 18.0 Å². The van der Waals surface area contributed by atoms with Crippen molar-refractivity contribution in [2.75, 3.05) is 7.11 Å². The van der Waals surface area contributed by atoms with E-state index in [1.165, 1.54) is 0 Å². The van der Waals surface area contributed by atoms with Gasteiger partial charge in [-0.1, -0.05) is 0 Å². The highest BCUT2D eigenvalue weighted by Crippen LogP contribution is 2.21. The van der Waals surface area contributed by atoms with Crippen molar-refractivity contribution in [3.63, 3.8) is 0 Å². The second-order valence-corrected chi connectivity index (χ2v) is 2.57. The maximum absolute atomic E-state index is 13.2. The van der Waals surface area contributed by atoms with Gasteiger partial charge in [-0.3, -0.25) is 4.79 Å². The zero-order chi connectivity index (χ0) is 11.6. The van der Waals surface area contributed by atoms with E-state index in [0.717, 1.165) is 7.11 Å². The number of rotatable bonds is 2. The summed E-state index contributed by atoms with van der Waals surface area (Å²) in [6, 6.07) is 0.395. The first-order chi connectivity index (χ1) is 6.97. The molecule has 0 aromatic carbocycles. The molecule has 0 fully saturated rings. The molecule has 0 unspecified atom stereocenters. The summed E-state index contributed by atoms with van der Waals surface area (Å²) < 4.78 is 41.7. The molecule has 0 spiro atoms. The number of aromatic amines is 1. The fraction of sp³-hybridized carbons (Fsp3) is 0.250. The Kier molecular flexibility index (Phi) is 3.13. The maximum atomic E-state index is 13.2. The minimum absolute atomic E-state index is 0.395. The lowest BCUT2D eigenvalue weighted by Crippen LogP contribution is -2.18. The molecule has 1 aromatic heterocycles. The van der Waals surface area contributed by atoms with Gasteiger partial charge in [-0.05, 0) is 0 Å². The number of halogens is 3. The van der Waals surface area contributed by atoms with Crippen LogP contribution in [-0.4, -0.2) is 18.1 Å². The van der Waals surface area contributed by atoms with Crippen molar-refractivity contribution in [1.82, 2.24) is 4.98 Å². The predicted molar refractivity (Wildman–Crippen MR) is 43.3 cm³/mol. The summed E-state index contributed by atoms with van der Waals surface area (Å²) in [4.78, 5) is 23.5. The standard InChI is InChI=1S/C8H6F3NO3/c1-15-8(14)6-5(9)3(7(10)11)2-4(13)12-6/h2,7H,1H3,(H,12,13). The lowest BCUT2D eigenvalue weighted by Gasteiger charge is -2.05. The molecule has 0 atom stereocenters. The van der Waals surface area contributed by atoms with Crippen molar-refractivity contribution >= 4 is 5.97 Å². The molecule has 0 saturated carbocycles. The molecular weight excluding hydrogens is 215 g/mol. The van der Waals surface area contributed by atoms with Crippen molar-refractivity contribution in [1.29, 1.82) is 0 Å². The Morgan fingerprint density at radius 3 is 2.60 bits per heavy atom. The van der Waals surface area contributed by atoms with Crippen LogP contribution in [0.1, 0.15) is 22.5 Å². The van der Waals surface area contributed by atoms with Gasteiger partial charge >= 0.3 is 5.97 Å². The lowest BCUT2D eigenvalue weighted by molar-refractivity contribution is 0.0586. The van der Waals surface area contributed by atoms with Crippen molar-refractivity contribution in [2.45, 2.75) is 6.43 Å². The van der Waals surface area contributed by atoms with Crippen molar-refractivity contribution < 1.29 is 22.7 Å². The number of carbonyl (C=O) groups is 1. The Balaban J connectivity index is 3.41. The summed E-state index contributed by atoms with van der Waals surface area (Å²) in [5.41, 5.74) is -3.02. The minimum atomic E-state index is -3.17. The van der Waals surface area contributed by atoms with E-state index in [4.69, 9.17) is 0 Å². The summed E-state index contributed by atoms with van der Waals surface area (Å²) >= 11 is 0. The number of hydrogen-bond donors (Lipinski definition) is 1. The third-order valence-electron chi connectivity index (χ3n) is 1.63. The first kappa shape index (κ1) is 11.3. The molecule has 15 heavy (non-hydrogen) atoms. The largest absolute Gasteiger partial charge is 0.464 e. The summed E-state index contributed by atoms with van der Waals surface area (Å²) in [7, 11) is 0.940. The van der Waals surface area contributed by atoms with Crippen LogP contribution in [0.25, 0.3) is 0 Å². The van der Waals surface area contributed by atoms with Crippen LogP contribution in [0.4, 0.5) is 13.2 Å². The predicted octanol–water partition coefficient (Wildman–Crippen LogP) is 1.24. The highest BCUT2D eigenvalue weighted by Gasteiger charge is 2.22. The molecule has 0 bridgehead atoms. The normalized spacial score (nSPS) is 10.5. The number of esters is 1. The van der Waals surface area contributed by atoms with E-state index in [1.54, 1.807) is 4.98 Å². The molecule has 4 nitrogen and oxygen atoms in total. The third-order valence-corrected chi connectivity index (χ3v) is 1.63. The van der Waals surface area contributed by atoms with E-state index in [9.17, 15) is 22.8 Å². The number of aromatic nitrogens is 1. The smallest absolute Gasteiger partial charge is 0.357 e. The average molecular weight is 221 g/mol. The molecule has 82 valence electrons. The van der Waals surface area contributed by atoms with Crippen molar-refractivity contribution in [2.24, 2.45) is 0 Å². The number of carbonyl (C=O) groups excluding carboxylic acids is 1. The monoisotopic (exact) mass is 221 g/mol. The van der Waals surface area contributed by atoms with E-state index in [0.29, 0.717) is 6.07 Å². The zero-order valence-corrected chi connectivity index (χ0v) is 7.51. The van der Waals surface area contributed by atoms with Gasteiger partial charge in [0.1, 0.15) is 0 Å². The first-order valence-electron chi connectivity index (χ1n) is 3.76. The topological polar surface area (TPSA) is 59.2 Å². The van der Waals surface area contributed by atoms with Gasteiger partial charge in [0.05, 0.1) is 12.7 Å². The van der Waals surface area contributed by atoms with E-state index in [2.05, 4.69) is 4.74 Å². The van der Waals surface area contributed by atoms with Gasteiger partial charge in [0.25, 0.3) is 6.43 Å². The Labute approximate surface area is 81.7 Å². The fourth-order valence-electron chi connectivity index (χ4n) is 0.965. The van der Waals surface area contributed by atoms with Crippen molar-refractivity contribution in [3.05, 3.63) is 33.5 Å².